The third kappa shape index (κ3) is 3.99. The Morgan fingerprint density at radius 3 is 2.41 bits per heavy atom. The molecule has 1 aliphatic carbocycles. The summed E-state index contributed by atoms with van der Waals surface area (Å²) in [5, 5.41) is 12.0. The second-order valence-electron chi connectivity index (χ2n) is 6.82. The molecule has 0 spiro atoms. The largest absolute Gasteiger partial charge is 0.481 e. The van der Waals surface area contributed by atoms with Gasteiger partial charge in [-0.1, -0.05) is 19.8 Å². The van der Waals surface area contributed by atoms with Gasteiger partial charge in [-0.3, -0.25) is 14.4 Å². The molecule has 1 saturated heterocycles. The van der Waals surface area contributed by atoms with E-state index in [1.807, 2.05) is 13.8 Å². The highest BCUT2D eigenvalue weighted by Crippen LogP contribution is 2.25. The molecular formula is C16H26N2O4. The number of carboxylic acid groups (broad SMARTS) is 1. The molecule has 1 heterocycles. The molecule has 6 heteroatoms. The number of rotatable bonds is 5. The van der Waals surface area contributed by atoms with Gasteiger partial charge in [-0.2, -0.15) is 0 Å². The summed E-state index contributed by atoms with van der Waals surface area (Å²) < 4.78 is 0. The quantitative estimate of drug-likeness (QED) is 0.800. The average molecular weight is 310 g/mol. The van der Waals surface area contributed by atoms with Crippen molar-refractivity contribution in [3.63, 3.8) is 0 Å². The first-order chi connectivity index (χ1) is 10.4. The molecule has 6 nitrogen and oxygen atoms in total. The van der Waals surface area contributed by atoms with E-state index in [2.05, 4.69) is 5.32 Å². The minimum absolute atomic E-state index is 0.0233. The number of carboxylic acids is 1. The van der Waals surface area contributed by atoms with Crippen LogP contribution in [0.5, 0.6) is 0 Å². The number of amides is 2. The Labute approximate surface area is 131 Å². The number of hydrogen-bond acceptors (Lipinski definition) is 3. The molecule has 2 rings (SSSR count). The Morgan fingerprint density at radius 1 is 1.23 bits per heavy atom. The number of aliphatic carboxylic acids is 1. The molecular weight excluding hydrogens is 284 g/mol. The lowest BCUT2D eigenvalue weighted by atomic mass is 9.99. The van der Waals surface area contributed by atoms with Gasteiger partial charge in [0.2, 0.25) is 11.8 Å². The summed E-state index contributed by atoms with van der Waals surface area (Å²) in [5.74, 6) is -1.27. The highest BCUT2D eigenvalue weighted by molar-refractivity contribution is 5.82. The van der Waals surface area contributed by atoms with E-state index in [1.54, 1.807) is 4.90 Å². The first-order valence-electron chi connectivity index (χ1n) is 8.19. The van der Waals surface area contributed by atoms with Crippen molar-refractivity contribution >= 4 is 17.8 Å². The highest BCUT2D eigenvalue weighted by atomic mass is 16.4. The molecule has 22 heavy (non-hydrogen) atoms. The van der Waals surface area contributed by atoms with E-state index in [9.17, 15) is 14.4 Å². The highest BCUT2D eigenvalue weighted by Gasteiger charge is 2.37. The number of hydrogen-bond donors (Lipinski definition) is 2. The smallest absolute Gasteiger partial charge is 0.308 e. The summed E-state index contributed by atoms with van der Waals surface area (Å²) in [6.07, 6.45) is 4.33. The zero-order valence-corrected chi connectivity index (χ0v) is 13.4. The molecule has 1 unspecified atom stereocenters. The Bertz CT molecular complexity index is 445. The van der Waals surface area contributed by atoms with Crippen LogP contribution in [0.4, 0.5) is 0 Å². The van der Waals surface area contributed by atoms with E-state index in [0.717, 1.165) is 25.7 Å². The van der Waals surface area contributed by atoms with Gasteiger partial charge in [0.05, 0.1) is 5.92 Å². The Hall–Kier alpha value is -1.59. The lowest BCUT2D eigenvalue weighted by Crippen LogP contribution is -2.40. The van der Waals surface area contributed by atoms with Crippen molar-refractivity contribution in [1.29, 1.82) is 0 Å². The second-order valence-corrected chi connectivity index (χ2v) is 6.82. The van der Waals surface area contributed by atoms with Crippen LogP contribution in [-0.2, 0) is 14.4 Å². The van der Waals surface area contributed by atoms with Crippen LogP contribution in [0, 0.1) is 17.8 Å². The molecule has 0 radical (unpaired) electrons. The fourth-order valence-electron chi connectivity index (χ4n) is 3.48. The van der Waals surface area contributed by atoms with Gasteiger partial charge in [-0.05, 0) is 25.7 Å². The molecule has 1 aliphatic heterocycles. The molecule has 0 aromatic carbocycles. The molecule has 1 saturated carbocycles. The molecule has 2 amide bonds. The average Bonchev–Trinajstić information content (AvgIpc) is 3.06. The lowest BCUT2D eigenvalue weighted by Gasteiger charge is -2.21. The van der Waals surface area contributed by atoms with Crippen LogP contribution in [0.25, 0.3) is 0 Å². The first-order valence-corrected chi connectivity index (χ1v) is 8.19. The minimum Gasteiger partial charge on any atom is -0.481 e. The third-order valence-electron chi connectivity index (χ3n) is 4.88. The van der Waals surface area contributed by atoms with E-state index in [1.165, 1.54) is 0 Å². The summed E-state index contributed by atoms with van der Waals surface area (Å²) in [4.78, 5) is 37.0. The van der Waals surface area contributed by atoms with E-state index in [4.69, 9.17) is 5.11 Å². The van der Waals surface area contributed by atoms with Crippen molar-refractivity contribution in [1.82, 2.24) is 10.2 Å². The van der Waals surface area contributed by atoms with Gasteiger partial charge in [-0.25, -0.2) is 0 Å². The molecule has 0 aromatic heterocycles. The van der Waals surface area contributed by atoms with Crippen LogP contribution in [0.3, 0.4) is 0 Å². The van der Waals surface area contributed by atoms with Crippen molar-refractivity contribution in [2.75, 3.05) is 13.1 Å². The molecule has 2 N–H and O–H groups in total. The second kappa shape index (κ2) is 7.11. The summed E-state index contributed by atoms with van der Waals surface area (Å²) in [7, 11) is 0. The van der Waals surface area contributed by atoms with Crippen molar-refractivity contribution in [2.45, 2.75) is 52.0 Å². The van der Waals surface area contributed by atoms with Crippen molar-refractivity contribution in [3.8, 4) is 0 Å². The standard InChI is InChI=1S/C16H26N2O4/c1-10-8-18(9-13(10)16(21)22)14(19)7-11(2)17-15(20)12-5-3-4-6-12/h10-13H,3-9H2,1-2H3,(H,17,20)(H,21,22)/t10-,11?,13-/m1/s1. The van der Waals surface area contributed by atoms with Crippen LogP contribution in [0.1, 0.15) is 46.0 Å². The number of nitrogens with one attached hydrogen (secondary N) is 1. The summed E-state index contributed by atoms with van der Waals surface area (Å²) >= 11 is 0. The van der Waals surface area contributed by atoms with Crippen molar-refractivity contribution in [3.05, 3.63) is 0 Å². The maximum atomic E-state index is 12.3. The first kappa shape index (κ1) is 16.8. The zero-order chi connectivity index (χ0) is 16.3. The molecule has 2 aliphatic rings. The normalized spacial score (nSPS) is 26.9. The molecule has 0 aromatic rings. The SMILES string of the molecule is CC(CC(=O)N1C[C@@H](C)[C@H](C(=O)O)C1)NC(=O)C1CCCC1. The maximum Gasteiger partial charge on any atom is 0.308 e. The van der Waals surface area contributed by atoms with Crippen molar-refractivity contribution < 1.29 is 19.5 Å². The van der Waals surface area contributed by atoms with Gasteiger partial charge >= 0.3 is 5.97 Å². The predicted octanol–water partition coefficient (Wildman–Crippen LogP) is 1.25. The zero-order valence-electron chi connectivity index (χ0n) is 13.4. The van der Waals surface area contributed by atoms with Crippen LogP contribution < -0.4 is 5.32 Å². The Morgan fingerprint density at radius 2 is 1.86 bits per heavy atom. The van der Waals surface area contributed by atoms with Crippen LogP contribution in [0.15, 0.2) is 0 Å². The van der Waals surface area contributed by atoms with Crippen LogP contribution in [0.2, 0.25) is 0 Å². The topological polar surface area (TPSA) is 86.7 Å². The molecule has 3 atom stereocenters. The van der Waals surface area contributed by atoms with E-state index in [0.29, 0.717) is 6.54 Å². The predicted molar refractivity (Wildman–Crippen MR) is 81.0 cm³/mol. The van der Waals surface area contributed by atoms with Gasteiger partial charge in [0, 0.05) is 31.5 Å². The number of nitrogens with zero attached hydrogens (tertiary/aromatic N) is 1. The van der Waals surface area contributed by atoms with Gasteiger partial charge in [0.25, 0.3) is 0 Å². The maximum absolute atomic E-state index is 12.3. The van der Waals surface area contributed by atoms with E-state index >= 15 is 0 Å². The fraction of sp³-hybridized carbons (Fsp3) is 0.812. The third-order valence-corrected chi connectivity index (χ3v) is 4.88. The summed E-state index contributed by atoms with van der Waals surface area (Å²) in [6, 6.07) is -0.209. The monoisotopic (exact) mass is 310 g/mol. The fourth-order valence-corrected chi connectivity index (χ4v) is 3.48. The molecule has 124 valence electrons. The van der Waals surface area contributed by atoms with Crippen LogP contribution >= 0.6 is 0 Å². The summed E-state index contributed by atoms with van der Waals surface area (Å²) in [5.41, 5.74) is 0. The van der Waals surface area contributed by atoms with Gasteiger partial charge in [0.1, 0.15) is 0 Å². The van der Waals surface area contributed by atoms with E-state index < -0.39 is 11.9 Å². The Balaban J connectivity index is 1.79. The lowest BCUT2D eigenvalue weighted by molar-refractivity contribution is -0.142. The van der Waals surface area contributed by atoms with Crippen molar-refractivity contribution in [2.24, 2.45) is 17.8 Å². The van der Waals surface area contributed by atoms with E-state index in [-0.39, 0.29) is 42.7 Å². The Kier molecular flexibility index (Phi) is 5.42. The molecule has 0 bridgehead atoms. The van der Waals surface area contributed by atoms with Crippen LogP contribution in [-0.4, -0.2) is 46.9 Å². The van der Waals surface area contributed by atoms with Gasteiger partial charge in [0.15, 0.2) is 0 Å². The van der Waals surface area contributed by atoms with Gasteiger partial charge in [-0.15, -0.1) is 0 Å². The number of carbonyl (C=O) groups excluding carboxylic acids is 2. The van der Waals surface area contributed by atoms with Gasteiger partial charge < -0.3 is 15.3 Å². The number of carbonyl (C=O) groups is 3. The number of likely N-dealkylation sites (tertiary alicyclic amines) is 1. The minimum atomic E-state index is -0.842. The molecule has 2 fully saturated rings. The summed E-state index contributed by atoms with van der Waals surface area (Å²) in [6.45, 7) is 4.45.